The largest absolute Gasteiger partial charge is 0.481 e. The van der Waals surface area contributed by atoms with Crippen LogP contribution < -0.4 is 11.2 Å². The summed E-state index contributed by atoms with van der Waals surface area (Å²) in [7, 11) is 0. The van der Waals surface area contributed by atoms with E-state index in [1.807, 2.05) is 0 Å². The molecular weight excluding hydrogens is 210 g/mol. The van der Waals surface area contributed by atoms with E-state index in [0.717, 1.165) is 12.3 Å². The minimum Gasteiger partial charge on any atom is -0.481 e. The van der Waals surface area contributed by atoms with Gasteiger partial charge in [0.05, 0.1) is 10.9 Å². The first kappa shape index (κ1) is 10.1. The second-order valence-corrected chi connectivity index (χ2v) is 3.28. The van der Waals surface area contributed by atoms with Crippen LogP contribution in [0.1, 0.15) is 5.56 Å². The van der Waals surface area contributed by atoms with Gasteiger partial charge >= 0.3 is 0 Å². The number of benzene rings is 1. The third kappa shape index (κ3) is 1.70. The van der Waals surface area contributed by atoms with Gasteiger partial charge in [-0.2, -0.15) is 0 Å². The smallest absolute Gasteiger partial charge is 0.274 e. The Hall–Kier alpha value is -2.43. The Morgan fingerprint density at radius 1 is 1.38 bits per heavy atom. The molecule has 0 aliphatic rings. The number of rotatable bonds is 1. The summed E-state index contributed by atoms with van der Waals surface area (Å²) >= 11 is 0. The molecular formula is C11H9NO4. The Balaban J connectivity index is 2.78. The van der Waals surface area contributed by atoms with Crippen molar-refractivity contribution in [2.75, 3.05) is 5.73 Å². The van der Waals surface area contributed by atoms with Crippen molar-refractivity contribution in [2.24, 2.45) is 0 Å². The number of hydrogen-bond acceptors (Lipinski definition) is 5. The Labute approximate surface area is 90.0 Å². The van der Waals surface area contributed by atoms with E-state index in [4.69, 9.17) is 20.4 Å². The molecule has 1 aromatic heterocycles. The molecule has 0 atom stereocenters. The number of aliphatic hydroxyl groups excluding tert-OH is 1. The molecule has 0 radical (unpaired) electrons. The van der Waals surface area contributed by atoms with E-state index in [-0.39, 0.29) is 11.0 Å². The van der Waals surface area contributed by atoms with Crippen LogP contribution in [0.3, 0.4) is 0 Å². The Kier molecular flexibility index (Phi) is 2.28. The summed E-state index contributed by atoms with van der Waals surface area (Å²) in [6, 6.07) is 4.68. The van der Waals surface area contributed by atoms with Crippen molar-refractivity contribution in [2.45, 2.75) is 0 Å². The lowest BCUT2D eigenvalue weighted by atomic mass is 10.1. The minimum absolute atomic E-state index is 0.0538. The number of hydrogen-bond donors (Lipinski definition) is 3. The summed E-state index contributed by atoms with van der Waals surface area (Å²) in [5.41, 5.74) is 6.07. The zero-order valence-corrected chi connectivity index (χ0v) is 8.18. The highest BCUT2D eigenvalue weighted by molar-refractivity contribution is 5.81. The van der Waals surface area contributed by atoms with E-state index in [0.29, 0.717) is 16.7 Å². The van der Waals surface area contributed by atoms with Gasteiger partial charge in [-0.1, -0.05) is 0 Å². The molecule has 0 aliphatic heterocycles. The van der Waals surface area contributed by atoms with Gasteiger partial charge in [0, 0.05) is 11.8 Å². The number of aliphatic hydroxyl groups is 2. The molecule has 0 aliphatic carbocycles. The maximum atomic E-state index is 11.8. The molecule has 2 rings (SSSR count). The number of anilines is 1. The van der Waals surface area contributed by atoms with Gasteiger partial charge in [0.2, 0.25) is 0 Å². The summed E-state index contributed by atoms with van der Waals surface area (Å²) in [5.74, 6) is -0.949. The average molecular weight is 219 g/mol. The molecule has 1 aromatic carbocycles. The fraction of sp³-hybridized carbons (Fsp3) is 0. The average Bonchev–Trinajstić information content (AvgIpc) is 2.22. The van der Waals surface area contributed by atoms with Crippen molar-refractivity contribution in [3.05, 3.63) is 46.2 Å². The lowest BCUT2D eigenvalue weighted by Crippen LogP contribution is -2.05. The zero-order valence-electron chi connectivity index (χ0n) is 8.18. The maximum absolute atomic E-state index is 11.8. The molecule has 2 aromatic rings. The van der Waals surface area contributed by atoms with Crippen molar-refractivity contribution < 1.29 is 14.6 Å². The van der Waals surface area contributed by atoms with Crippen LogP contribution in [0.2, 0.25) is 0 Å². The van der Waals surface area contributed by atoms with E-state index in [2.05, 4.69) is 0 Å². The molecule has 4 N–H and O–H groups in total. The number of nitrogen functional groups attached to an aromatic ring is 1. The molecule has 0 amide bonds. The van der Waals surface area contributed by atoms with E-state index in [1.165, 1.54) is 6.07 Å². The molecule has 16 heavy (non-hydrogen) atoms. The van der Waals surface area contributed by atoms with Crippen molar-refractivity contribution in [3.63, 3.8) is 0 Å². The topological polar surface area (TPSA) is 96.7 Å². The van der Waals surface area contributed by atoms with Crippen LogP contribution >= 0.6 is 0 Å². The second kappa shape index (κ2) is 3.62. The van der Waals surface area contributed by atoms with Crippen LogP contribution in [-0.4, -0.2) is 10.2 Å². The standard InChI is InChI=1S/C11H9NO4/c12-7-1-2-9-8(4-7)11(15)6(5-16-9)3-10(13)14/h1-5,13-14H,12H2. The quantitative estimate of drug-likeness (QED) is 0.501. The number of nitrogens with two attached hydrogens (primary N) is 1. The highest BCUT2D eigenvalue weighted by atomic mass is 16.5. The van der Waals surface area contributed by atoms with E-state index in [9.17, 15) is 4.79 Å². The van der Waals surface area contributed by atoms with Crippen LogP contribution in [0.15, 0.2) is 39.6 Å². The van der Waals surface area contributed by atoms with Gasteiger partial charge in [-0.05, 0) is 18.2 Å². The van der Waals surface area contributed by atoms with Crippen LogP contribution in [-0.2, 0) is 0 Å². The maximum Gasteiger partial charge on any atom is 0.274 e. The van der Waals surface area contributed by atoms with Gasteiger partial charge in [-0.25, -0.2) is 0 Å². The van der Waals surface area contributed by atoms with Gasteiger partial charge in [-0.15, -0.1) is 0 Å². The van der Waals surface area contributed by atoms with E-state index < -0.39 is 5.95 Å². The third-order valence-corrected chi connectivity index (χ3v) is 2.11. The molecule has 0 bridgehead atoms. The van der Waals surface area contributed by atoms with Gasteiger partial charge < -0.3 is 20.4 Å². The lowest BCUT2D eigenvalue weighted by Gasteiger charge is -1.99. The van der Waals surface area contributed by atoms with Crippen molar-refractivity contribution >= 4 is 22.7 Å². The molecule has 0 spiro atoms. The molecule has 0 fully saturated rings. The Morgan fingerprint density at radius 3 is 2.81 bits per heavy atom. The summed E-state index contributed by atoms with van der Waals surface area (Å²) in [6.07, 6.45) is 2.07. The van der Waals surface area contributed by atoms with Crippen molar-refractivity contribution in [1.29, 1.82) is 0 Å². The Bertz CT molecular complexity index is 623. The molecule has 0 saturated carbocycles. The number of fused-ring (bicyclic) bond motifs is 1. The first-order valence-electron chi connectivity index (χ1n) is 4.48. The fourth-order valence-electron chi connectivity index (χ4n) is 1.40. The summed E-state index contributed by atoms with van der Waals surface area (Å²) in [6.45, 7) is 0. The molecule has 5 nitrogen and oxygen atoms in total. The predicted molar refractivity (Wildman–Crippen MR) is 60.1 cm³/mol. The van der Waals surface area contributed by atoms with E-state index >= 15 is 0 Å². The Morgan fingerprint density at radius 2 is 2.12 bits per heavy atom. The highest BCUT2D eigenvalue weighted by Crippen LogP contribution is 2.15. The molecule has 82 valence electrons. The predicted octanol–water partition coefficient (Wildman–Crippen LogP) is 1.79. The first-order valence-corrected chi connectivity index (χ1v) is 4.48. The highest BCUT2D eigenvalue weighted by Gasteiger charge is 2.06. The van der Waals surface area contributed by atoms with Gasteiger partial charge in [0.1, 0.15) is 11.8 Å². The first-order chi connectivity index (χ1) is 7.58. The molecule has 0 saturated heterocycles. The van der Waals surface area contributed by atoms with Crippen molar-refractivity contribution in [1.82, 2.24) is 0 Å². The monoisotopic (exact) mass is 219 g/mol. The zero-order chi connectivity index (χ0) is 11.7. The normalized spacial score (nSPS) is 10.2. The minimum atomic E-state index is -0.949. The van der Waals surface area contributed by atoms with Gasteiger partial charge in [-0.3, -0.25) is 4.79 Å². The fourth-order valence-corrected chi connectivity index (χ4v) is 1.40. The lowest BCUT2D eigenvalue weighted by molar-refractivity contribution is 0.197. The third-order valence-electron chi connectivity index (χ3n) is 2.11. The second-order valence-electron chi connectivity index (χ2n) is 3.28. The summed E-state index contributed by atoms with van der Waals surface area (Å²) in [4.78, 5) is 11.8. The SMILES string of the molecule is Nc1ccc2occ(C=C(O)O)c(=O)c2c1. The van der Waals surface area contributed by atoms with Crippen LogP contribution in [0.5, 0.6) is 0 Å². The van der Waals surface area contributed by atoms with Crippen LogP contribution in [0.25, 0.3) is 17.0 Å². The molecule has 1 heterocycles. The van der Waals surface area contributed by atoms with Gasteiger partial charge in [0.15, 0.2) is 5.43 Å². The van der Waals surface area contributed by atoms with Crippen LogP contribution in [0.4, 0.5) is 5.69 Å². The van der Waals surface area contributed by atoms with E-state index in [1.54, 1.807) is 12.1 Å². The summed E-state index contributed by atoms with van der Waals surface area (Å²) in [5, 5.41) is 17.6. The van der Waals surface area contributed by atoms with Gasteiger partial charge in [0.25, 0.3) is 5.95 Å². The van der Waals surface area contributed by atoms with Crippen LogP contribution in [0, 0.1) is 0 Å². The molecule has 5 heteroatoms. The summed E-state index contributed by atoms with van der Waals surface area (Å²) < 4.78 is 5.16. The molecule has 0 unspecified atom stereocenters. The van der Waals surface area contributed by atoms with Crippen molar-refractivity contribution in [3.8, 4) is 0 Å².